The Kier molecular flexibility index (Phi) is 11.3. The molecule has 0 spiro atoms. The van der Waals surface area contributed by atoms with Crippen LogP contribution in [0, 0.1) is 5.41 Å². The zero-order valence-electron chi connectivity index (χ0n) is 15.1. The number of nitrogens with two attached hydrogens (primary N) is 1. The van der Waals surface area contributed by atoms with Gasteiger partial charge in [0.05, 0.1) is 18.6 Å². The molecule has 0 aromatic heterocycles. The molecule has 2 rings (SSSR count). The molecule has 1 aromatic rings. The zero-order valence-corrected chi connectivity index (χ0v) is 16.8. The van der Waals surface area contributed by atoms with Crippen LogP contribution in [0.5, 0.6) is 0 Å². The van der Waals surface area contributed by atoms with E-state index < -0.39 is 5.41 Å². The lowest BCUT2D eigenvalue weighted by atomic mass is 9.81. The van der Waals surface area contributed by atoms with Crippen molar-refractivity contribution < 1.29 is 9.53 Å². The van der Waals surface area contributed by atoms with E-state index in [-0.39, 0.29) is 30.7 Å². The topological polar surface area (TPSA) is 67.6 Å². The van der Waals surface area contributed by atoms with E-state index in [1.165, 1.54) is 5.56 Å². The smallest absolute Gasteiger partial charge is 0.231 e. The van der Waals surface area contributed by atoms with Gasteiger partial charge in [0.1, 0.15) is 0 Å². The van der Waals surface area contributed by atoms with E-state index in [0.717, 1.165) is 51.4 Å². The number of hydrogen-bond donors (Lipinski definition) is 2. The molecule has 0 saturated carbocycles. The van der Waals surface area contributed by atoms with Crippen LogP contribution < -0.4 is 11.1 Å². The molecule has 1 fully saturated rings. The fraction of sp³-hybridized carbons (Fsp3) is 0.611. The van der Waals surface area contributed by atoms with Crippen LogP contribution in [0.2, 0.25) is 0 Å². The van der Waals surface area contributed by atoms with Crippen LogP contribution in [0.3, 0.4) is 0 Å². The highest BCUT2D eigenvalue weighted by molar-refractivity contribution is 5.95. The summed E-state index contributed by atoms with van der Waals surface area (Å²) in [6, 6.07) is 8.10. The number of amides is 1. The SMILES string of the molecule is CCC(CC)(CN)C(=O)Nc1ccc(CN2CCOCC2)cc1.Cl.Cl. The number of morpholine rings is 1. The van der Waals surface area contributed by atoms with Crippen LogP contribution in [0.1, 0.15) is 32.3 Å². The maximum Gasteiger partial charge on any atom is 0.231 e. The molecule has 0 unspecified atom stereocenters. The van der Waals surface area contributed by atoms with E-state index in [0.29, 0.717) is 6.54 Å². The molecule has 5 nitrogen and oxygen atoms in total. The molecule has 0 radical (unpaired) electrons. The Morgan fingerprint density at radius 1 is 1.16 bits per heavy atom. The van der Waals surface area contributed by atoms with Crippen molar-refractivity contribution in [2.75, 3.05) is 38.2 Å². The number of carbonyl (C=O) groups excluding carboxylic acids is 1. The molecular weight excluding hydrogens is 361 g/mol. The first-order valence-corrected chi connectivity index (χ1v) is 8.54. The third kappa shape index (κ3) is 6.42. The number of anilines is 1. The largest absolute Gasteiger partial charge is 0.379 e. The van der Waals surface area contributed by atoms with E-state index in [4.69, 9.17) is 10.5 Å². The first-order chi connectivity index (χ1) is 11.1. The highest BCUT2D eigenvalue weighted by atomic mass is 35.5. The van der Waals surface area contributed by atoms with Crippen molar-refractivity contribution in [1.82, 2.24) is 4.90 Å². The normalized spacial score (nSPS) is 15.0. The van der Waals surface area contributed by atoms with Crippen molar-refractivity contribution in [3.05, 3.63) is 29.8 Å². The minimum absolute atomic E-state index is 0. The lowest BCUT2D eigenvalue weighted by molar-refractivity contribution is -0.125. The van der Waals surface area contributed by atoms with Crippen LogP contribution >= 0.6 is 24.8 Å². The quantitative estimate of drug-likeness (QED) is 0.749. The van der Waals surface area contributed by atoms with Crippen LogP contribution in [-0.2, 0) is 16.1 Å². The Hall–Kier alpha value is -0.850. The summed E-state index contributed by atoms with van der Waals surface area (Å²) in [7, 11) is 0. The lowest BCUT2D eigenvalue weighted by Gasteiger charge is -2.28. The third-order valence-electron chi connectivity index (χ3n) is 4.95. The van der Waals surface area contributed by atoms with Crippen molar-refractivity contribution >= 4 is 36.4 Å². The number of halogens is 2. The maximum absolute atomic E-state index is 12.5. The van der Waals surface area contributed by atoms with Crippen LogP contribution in [0.4, 0.5) is 5.69 Å². The van der Waals surface area contributed by atoms with Gasteiger partial charge in [0.2, 0.25) is 5.91 Å². The number of hydrogen-bond acceptors (Lipinski definition) is 4. The second kappa shape index (κ2) is 11.7. The van der Waals surface area contributed by atoms with Gasteiger partial charge in [-0.25, -0.2) is 0 Å². The van der Waals surface area contributed by atoms with E-state index in [9.17, 15) is 4.79 Å². The van der Waals surface area contributed by atoms with Gasteiger partial charge in [-0.1, -0.05) is 26.0 Å². The standard InChI is InChI=1S/C18H29N3O2.2ClH/c1-3-18(4-2,14-19)17(22)20-16-7-5-15(6-8-16)13-21-9-11-23-12-10-21;;/h5-8H,3-4,9-14,19H2,1-2H3,(H,20,22);2*1H. The fourth-order valence-electron chi connectivity index (χ4n) is 2.93. The van der Waals surface area contributed by atoms with Gasteiger partial charge in [0.25, 0.3) is 0 Å². The summed E-state index contributed by atoms with van der Waals surface area (Å²) in [5.41, 5.74) is 7.45. The molecule has 1 amide bonds. The van der Waals surface area contributed by atoms with E-state index in [2.05, 4.69) is 22.3 Å². The molecule has 1 aliphatic heterocycles. The van der Waals surface area contributed by atoms with Gasteiger partial charge in [0.15, 0.2) is 0 Å². The molecule has 1 aliphatic rings. The number of nitrogens with zero attached hydrogens (tertiary/aromatic N) is 1. The maximum atomic E-state index is 12.5. The number of rotatable bonds is 7. The number of ether oxygens (including phenoxy) is 1. The number of carbonyl (C=O) groups is 1. The third-order valence-corrected chi connectivity index (χ3v) is 4.95. The lowest BCUT2D eigenvalue weighted by Crippen LogP contribution is -2.41. The molecule has 1 saturated heterocycles. The second-order valence-electron chi connectivity index (χ2n) is 6.23. The average Bonchev–Trinajstić information content (AvgIpc) is 2.60. The first-order valence-electron chi connectivity index (χ1n) is 8.54. The minimum atomic E-state index is -0.466. The predicted octanol–water partition coefficient (Wildman–Crippen LogP) is 3.07. The zero-order chi connectivity index (χ0) is 16.7. The predicted molar refractivity (Wildman–Crippen MR) is 108 cm³/mol. The van der Waals surface area contributed by atoms with E-state index in [1.54, 1.807) is 0 Å². The molecule has 7 heteroatoms. The summed E-state index contributed by atoms with van der Waals surface area (Å²) in [4.78, 5) is 14.9. The molecule has 0 aliphatic carbocycles. The Bertz CT molecular complexity index is 493. The van der Waals surface area contributed by atoms with Crippen molar-refractivity contribution in [2.45, 2.75) is 33.2 Å². The summed E-state index contributed by atoms with van der Waals surface area (Å²) >= 11 is 0. The summed E-state index contributed by atoms with van der Waals surface area (Å²) in [5.74, 6) is 0.0194. The summed E-state index contributed by atoms with van der Waals surface area (Å²) in [5, 5.41) is 3.01. The molecule has 0 bridgehead atoms. The molecule has 1 aromatic carbocycles. The second-order valence-corrected chi connectivity index (χ2v) is 6.23. The van der Waals surface area contributed by atoms with Crippen molar-refractivity contribution in [1.29, 1.82) is 0 Å². The fourth-order valence-corrected chi connectivity index (χ4v) is 2.93. The molecule has 25 heavy (non-hydrogen) atoms. The van der Waals surface area contributed by atoms with E-state index in [1.807, 2.05) is 26.0 Å². The summed E-state index contributed by atoms with van der Waals surface area (Å²) in [6.07, 6.45) is 1.50. The molecule has 144 valence electrons. The summed E-state index contributed by atoms with van der Waals surface area (Å²) in [6.45, 7) is 8.90. The van der Waals surface area contributed by atoms with Gasteiger partial charge in [0, 0.05) is 31.9 Å². The number of nitrogens with one attached hydrogen (secondary N) is 1. The van der Waals surface area contributed by atoms with Gasteiger partial charge < -0.3 is 15.8 Å². The average molecular weight is 392 g/mol. The van der Waals surface area contributed by atoms with Crippen LogP contribution in [0.25, 0.3) is 0 Å². The number of benzene rings is 1. The highest BCUT2D eigenvalue weighted by Gasteiger charge is 2.33. The Morgan fingerprint density at radius 3 is 2.20 bits per heavy atom. The molecule has 3 N–H and O–H groups in total. The van der Waals surface area contributed by atoms with Gasteiger partial charge >= 0.3 is 0 Å². The van der Waals surface area contributed by atoms with Crippen molar-refractivity contribution in [2.24, 2.45) is 11.1 Å². The molecule has 0 atom stereocenters. The molecule has 1 heterocycles. The van der Waals surface area contributed by atoms with Crippen LogP contribution in [0.15, 0.2) is 24.3 Å². The first kappa shape index (κ1) is 24.1. The van der Waals surface area contributed by atoms with Crippen molar-refractivity contribution in [3.8, 4) is 0 Å². The van der Waals surface area contributed by atoms with Crippen LogP contribution in [-0.4, -0.2) is 43.7 Å². The van der Waals surface area contributed by atoms with Gasteiger partial charge in [-0.3, -0.25) is 9.69 Å². The monoisotopic (exact) mass is 391 g/mol. The Balaban J connectivity index is 0.00000288. The van der Waals surface area contributed by atoms with Gasteiger partial charge in [-0.05, 0) is 30.5 Å². The van der Waals surface area contributed by atoms with Gasteiger partial charge in [-0.15, -0.1) is 24.8 Å². The van der Waals surface area contributed by atoms with Crippen molar-refractivity contribution in [3.63, 3.8) is 0 Å². The summed E-state index contributed by atoms with van der Waals surface area (Å²) < 4.78 is 5.36. The minimum Gasteiger partial charge on any atom is -0.379 e. The van der Waals surface area contributed by atoms with E-state index >= 15 is 0 Å². The van der Waals surface area contributed by atoms with Gasteiger partial charge in [-0.2, -0.15) is 0 Å². The Labute approximate surface area is 163 Å². The molecular formula is C18H31Cl2N3O2. The highest BCUT2D eigenvalue weighted by Crippen LogP contribution is 2.27. The Morgan fingerprint density at radius 2 is 1.72 bits per heavy atom.